The van der Waals surface area contributed by atoms with E-state index < -0.39 is 0 Å². The Morgan fingerprint density at radius 1 is 0.248 bits per heavy atom. The lowest BCUT2D eigenvalue weighted by Gasteiger charge is -2.10. The Balaban J connectivity index is 0.000000606. The Bertz CT molecular complexity index is 3900. The van der Waals surface area contributed by atoms with E-state index in [0.29, 0.717) is 64.9 Å². The fourth-order valence-corrected chi connectivity index (χ4v) is 13.2. The van der Waals surface area contributed by atoms with Crippen LogP contribution < -0.4 is 4.74 Å². The van der Waals surface area contributed by atoms with Gasteiger partial charge in [0.15, 0.2) is 0 Å². The molecule has 0 N–H and O–H groups in total. The second-order valence-electron chi connectivity index (χ2n) is 31.6. The molecule has 0 aliphatic heterocycles. The topological polar surface area (TPSA) is 9.23 Å². The van der Waals surface area contributed by atoms with Crippen LogP contribution in [0, 0.1) is 79.8 Å². The number of methoxy groups -OCH3 is 1. The number of benzene rings is 10. The molecule has 0 aromatic heterocycles. The summed E-state index contributed by atoms with van der Waals surface area (Å²) >= 11 is 17.6. The van der Waals surface area contributed by atoms with Crippen molar-refractivity contribution in [2.75, 3.05) is 7.11 Å². The van der Waals surface area contributed by atoms with Crippen LogP contribution >= 0.6 is 34.8 Å². The molecule has 594 valence electrons. The van der Waals surface area contributed by atoms with Gasteiger partial charge in [0.05, 0.1) is 7.11 Å². The molecule has 10 aromatic carbocycles. The van der Waals surface area contributed by atoms with Crippen LogP contribution in [0.4, 0.5) is 13.2 Å². The number of hydrogen-bond donors (Lipinski definition) is 0. The van der Waals surface area contributed by atoms with Crippen molar-refractivity contribution in [2.45, 2.75) is 273 Å². The van der Waals surface area contributed by atoms with Gasteiger partial charge in [-0.15, -0.1) is 0 Å². The second kappa shape index (κ2) is 52.0. The van der Waals surface area contributed by atoms with Gasteiger partial charge >= 0.3 is 0 Å². The van der Waals surface area contributed by atoms with Crippen LogP contribution in [0.2, 0.25) is 15.1 Å². The number of halogens is 6. The monoisotopic (exact) mass is 1540 g/mol. The highest BCUT2D eigenvalue weighted by atomic mass is 35.5. The minimum absolute atomic E-state index is 0.146. The molecule has 7 heteroatoms. The summed E-state index contributed by atoms with van der Waals surface area (Å²) in [4.78, 5) is 0. The fraction of sp³-hybridized carbons (Fsp3) is 0.412. The molecule has 109 heavy (non-hydrogen) atoms. The van der Waals surface area contributed by atoms with Crippen molar-refractivity contribution >= 4 is 34.8 Å². The van der Waals surface area contributed by atoms with Gasteiger partial charge in [-0.3, -0.25) is 0 Å². The zero-order valence-electron chi connectivity index (χ0n) is 72.7. The average Bonchev–Trinajstić information content (AvgIpc) is 0.857. The summed E-state index contributed by atoms with van der Waals surface area (Å²) in [5, 5.41) is 2.50. The molecule has 0 saturated heterocycles. The molecule has 0 atom stereocenters. The largest absolute Gasteiger partial charge is 0.496 e. The van der Waals surface area contributed by atoms with Crippen LogP contribution in [0.3, 0.4) is 0 Å². The minimum Gasteiger partial charge on any atom is -0.496 e. The molecule has 0 fully saturated rings. The summed E-state index contributed by atoms with van der Waals surface area (Å²) in [7, 11) is 1.56. The predicted octanol–water partition coefficient (Wildman–Crippen LogP) is 33.8. The van der Waals surface area contributed by atoms with E-state index in [4.69, 9.17) is 39.5 Å². The maximum atomic E-state index is 12.7. The Morgan fingerprint density at radius 3 is 0.743 bits per heavy atom. The highest BCUT2D eigenvalue weighted by molar-refractivity contribution is 6.31. The number of aryl methyl sites for hydroxylation is 10. The number of ether oxygens (including phenoxy) is 1. The molecule has 0 aliphatic carbocycles. The van der Waals surface area contributed by atoms with Crippen molar-refractivity contribution < 1.29 is 17.9 Å². The first-order valence-electron chi connectivity index (χ1n) is 39.4. The molecule has 10 rings (SSSR count). The lowest BCUT2D eigenvalue weighted by molar-refractivity contribution is 0.404. The van der Waals surface area contributed by atoms with Crippen LogP contribution in [-0.4, -0.2) is 7.11 Å². The van der Waals surface area contributed by atoms with E-state index in [1.54, 1.807) is 25.3 Å². The van der Waals surface area contributed by atoms with Crippen LogP contribution in [0.5, 0.6) is 5.75 Å². The van der Waals surface area contributed by atoms with E-state index in [-0.39, 0.29) is 17.5 Å². The highest BCUT2D eigenvalue weighted by Gasteiger charge is 2.11. The van der Waals surface area contributed by atoms with Crippen molar-refractivity contribution in [3.8, 4) is 5.75 Å². The summed E-state index contributed by atoms with van der Waals surface area (Å²) in [5.41, 5.74) is 26.5. The van der Waals surface area contributed by atoms with Crippen LogP contribution in [0.25, 0.3) is 0 Å². The normalized spacial score (nSPS) is 10.6. The van der Waals surface area contributed by atoms with E-state index >= 15 is 0 Å². The first kappa shape index (κ1) is 99.7. The molecular weight excluding hydrogens is 1400 g/mol. The molecule has 0 spiro atoms. The summed E-state index contributed by atoms with van der Waals surface area (Å²) in [6.07, 6.45) is 1.15. The highest BCUT2D eigenvalue weighted by Crippen LogP contribution is 2.30. The summed E-state index contributed by atoms with van der Waals surface area (Å²) < 4.78 is 43.0. The average molecular weight is 1540 g/mol. The third-order valence-electron chi connectivity index (χ3n) is 18.9. The Morgan fingerprint density at radius 2 is 0.495 bits per heavy atom. The molecule has 10 aromatic rings. The van der Waals surface area contributed by atoms with Gasteiger partial charge in [0.1, 0.15) is 23.2 Å². The smallest absolute Gasteiger partial charge is 0.126 e. The lowest BCUT2D eigenvalue weighted by atomic mass is 9.96. The van der Waals surface area contributed by atoms with Gasteiger partial charge in [-0.25, -0.2) is 13.2 Å². The number of rotatable bonds is 12. The maximum Gasteiger partial charge on any atom is 0.126 e. The molecule has 0 unspecified atom stereocenters. The summed E-state index contributed by atoms with van der Waals surface area (Å²) in [6, 6.07) is 65.1. The standard InChI is InChI=1S/2C11H16.3C10H13Cl.C10H13FO.2C10H13F.2C10H14/c1-8(2)11-7-9(3)5-6-10(11)4;1-4-10-7-5-6-8-11(10)9(2)3;3*1-7(2)10-6-9(11)5-4-8(10)3;1-7(2)9-5-4-8(11)6-10(9)12-3;2*1-7(2)10-5-4-9(11)6-8(10)3;2*1-8(2)10-7-5-4-6-9(10)3/h5-8H,1-4H3;5-9H,4H2,1-3H3;3*4-7H,1-3H3;4-7H,1-3H3;2*4-7H,1-3H3;2*4-8H,1-3H3. The Hall–Kier alpha value is -7.34. The van der Waals surface area contributed by atoms with Gasteiger partial charge in [-0.05, 0) is 300 Å². The predicted molar refractivity (Wildman–Crippen MR) is 479 cm³/mol. The van der Waals surface area contributed by atoms with E-state index in [0.717, 1.165) is 38.2 Å². The van der Waals surface area contributed by atoms with Gasteiger partial charge in [0.2, 0.25) is 0 Å². The third kappa shape index (κ3) is 38.0. The molecular formula is C102H138Cl3F3O. The van der Waals surface area contributed by atoms with Crippen molar-refractivity contribution in [2.24, 2.45) is 0 Å². The van der Waals surface area contributed by atoms with Crippen molar-refractivity contribution in [1.29, 1.82) is 0 Å². The Labute approximate surface area is 678 Å². The first-order valence-corrected chi connectivity index (χ1v) is 40.5. The van der Waals surface area contributed by atoms with Crippen molar-refractivity contribution in [3.05, 3.63) is 344 Å². The fourth-order valence-electron chi connectivity index (χ4n) is 12.7. The summed E-state index contributed by atoms with van der Waals surface area (Å²) in [5.74, 6) is 5.71. The SMILES string of the molecule is CCc1ccccc1C(C)C.COc1cc(F)ccc1C(C)C.Cc1cc(F)ccc1C(C)C.Cc1cc(F)ccc1C(C)C.Cc1ccc(C)c(C(C)C)c1.Cc1ccc(Cl)cc1C(C)C.Cc1ccc(Cl)cc1C(C)C.Cc1ccc(Cl)cc1C(C)C.Cc1ccccc1C(C)C.Cc1ccccc1C(C)C. The Kier molecular flexibility index (Phi) is 47.5. The van der Waals surface area contributed by atoms with Crippen LogP contribution in [-0.2, 0) is 6.42 Å². The van der Waals surface area contributed by atoms with Crippen LogP contribution in [0.15, 0.2) is 200 Å². The van der Waals surface area contributed by atoms with Gasteiger partial charge in [-0.1, -0.05) is 313 Å². The van der Waals surface area contributed by atoms with E-state index in [1.165, 1.54) is 119 Å². The summed E-state index contributed by atoms with van der Waals surface area (Å²) in [6.45, 7) is 64.6. The van der Waals surface area contributed by atoms with E-state index in [1.807, 2.05) is 62.4 Å². The molecule has 0 bridgehead atoms. The van der Waals surface area contributed by atoms with Crippen molar-refractivity contribution in [1.82, 2.24) is 0 Å². The quantitative estimate of drug-likeness (QED) is 0.118. The van der Waals surface area contributed by atoms with Gasteiger partial charge < -0.3 is 4.74 Å². The first-order chi connectivity index (χ1) is 51.0. The minimum atomic E-state index is -0.253. The lowest BCUT2D eigenvalue weighted by Crippen LogP contribution is -1.94. The molecule has 0 heterocycles. The van der Waals surface area contributed by atoms with E-state index in [2.05, 4.69) is 303 Å². The zero-order valence-corrected chi connectivity index (χ0v) is 75.0. The second-order valence-corrected chi connectivity index (χ2v) is 32.9. The molecule has 1 nitrogen and oxygen atoms in total. The maximum absolute atomic E-state index is 12.7. The van der Waals surface area contributed by atoms with Crippen molar-refractivity contribution in [3.63, 3.8) is 0 Å². The zero-order chi connectivity index (χ0) is 83.1. The van der Waals surface area contributed by atoms with Gasteiger partial charge in [0.25, 0.3) is 0 Å². The number of hydrogen-bond acceptors (Lipinski definition) is 1. The molecule has 0 radical (unpaired) electrons. The molecule has 0 saturated carbocycles. The molecule has 0 aliphatic rings. The van der Waals surface area contributed by atoms with Gasteiger partial charge in [0, 0.05) is 21.1 Å². The van der Waals surface area contributed by atoms with Gasteiger partial charge in [-0.2, -0.15) is 0 Å². The molecule has 0 amide bonds. The third-order valence-corrected chi connectivity index (χ3v) is 19.6. The van der Waals surface area contributed by atoms with Crippen LogP contribution in [0.1, 0.15) is 316 Å². The van der Waals surface area contributed by atoms with E-state index in [9.17, 15) is 13.2 Å².